The van der Waals surface area contributed by atoms with E-state index in [1.807, 2.05) is 0 Å². The van der Waals surface area contributed by atoms with Crippen molar-refractivity contribution in [2.75, 3.05) is 32.7 Å². The lowest BCUT2D eigenvalue weighted by molar-refractivity contribution is -0.402. The molecule has 1 aromatic heterocycles. The second kappa shape index (κ2) is 5.71. The van der Waals surface area contributed by atoms with Gasteiger partial charge in [0.2, 0.25) is 11.8 Å². The first-order valence-electron chi connectivity index (χ1n) is 7.04. The minimum atomic E-state index is -0.722. The topological polar surface area (TPSA) is 126 Å². The number of nitrogens with zero attached hydrogens (tertiary/aromatic N) is 3. The van der Waals surface area contributed by atoms with Crippen molar-refractivity contribution in [3.05, 3.63) is 28.0 Å². The van der Waals surface area contributed by atoms with Crippen molar-refractivity contribution in [3.63, 3.8) is 0 Å². The maximum absolute atomic E-state index is 12.2. The molecule has 0 unspecified atom stereocenters. The van der Waals surface area contributed by atoms with E-state index in [1.165, 1.54) is 15.9 Å². The number of hydrogen-bond acceptors (Lipinski definition) is 6. The SMILES string of the molecule is O=C1CN(C(=O)C2CN(C(=O)c3ccc([N+](=O)[O-])o3)C2)CCN1. The largest absolute Gasteiger partial charge is 0.433 e. The first kappa shape index (κ1) is 15.0. The highest BCUT2D eigenvalue weighted by Crippen LogP contribution is 2.23. The fourth-order valence-electron chi connectivity index (χ4n) is 2.58. The van der Waals surface area contributed by atoms with Crippen molar-refractivity contribution < 1.29 is 23.7 Å². The second-order valence-corrected chi connectivity index (χ2v) is 5.41. The molecule has 0 radical (unpaired) electrons. The first-order chi connectivity index (χ1) is 11.0. The summed E-state index contributed by atoms with van der Waals surface area (Å²) < 4.78 is 4.85. The highest BCUT2D eigenvalue weighted by atomic mass is 16.6. The number of carbonyl (C=O) groups excluding carboxylic acids is 3. The van der Waals surface area contributed by atoms with Crippen molar-refractivity contribution >= 4 is 23.6 Å². The average Bonchev–Trinajstić information content (AvgIpc) is 2.95. The van der Waals surface area contributed by atoms with E-state index >= 15 is 0 Å². The van der Waals surface area contributed by atoms with Gasteiger partial charge >= 0.3 is 5.88 Å². The summed E-state index contributed by atoms with van der Waals surface area (Å²) in [7, 11) is 0. The lowest BCUT2D eigenvalue weighted by Gasteiger charge is -2.40. The summed E-state index contributed by atoms with van der Waals surface area (Å²) in [6.45, 7) is 1.34. The maximum Gasteiger partial charge on any atom is 0.433 e. The van der Waals surface area contributed by atoms with Crippen LogP contribution in [0.4, 0.5) is 5.88 Å². The summed E-state index contributed by atoms with van der Waals surface area (Å²) in [5, 5.41) is 13.2. The normalized spacial score (nSPS) is 18.3. The number of furan rings is 1. The summed E-state index contributed by atoms with van der Waals surface area (Å²) in [5.74, 6) is -1.82. The van der Waals surface area contributed by atoms with Crippen LogP contribution in [0.25, 0.3) is 0 Å². The number of nitrogens with one attached hydrogen (secondary N) is 1. The van der Waals surface area contributed by atoms with Crippen LogP contribution in [-0.4, -0.2) is 65.2 Å². The first-order valence-corrected chi connectivity index (χ1v) is 7.04. The molecule has 0 aromatic carbocycles. The van der Waals surface area contributed by atoms with Gasteiger partial charge in [0.05, 0.1) is 18.5 Å². The Labute approximate surface area is 130 Å². The summed E-state index contributed by atoms with van der Waals surface area (Å²) in [4.78, 5) is 48.3. The zero-order valence-electron chi connectivity index (χ0n) is 12.1. The molecule has 10 heteroatoms. The van der Waals surface area contributed by atoms with Crippen molar-refractivity contribution in [1.29, 1.82) is 0 Å². The number of hydrogen-bond donors (Lipinski definition) is 1. The van der Waals surface area contributed by atoms with Gasteiger partial charge in [-0.25, -0.2) is 0 Å². The highest BCUT2D eigenvalue weighted by molar-refractivity contribution is 5.94. The van der Waals surface area contributed by atoms with E-state index in [2.05, 4.69) is 5.32 Å². The molecular formula is C13H14N4O6. The molecule has 3 amide bonds. The van der Waals surface area contributed by atoms with E-state index in [1.54, 1.807) is 0 Å². The van der Waals surface area contributed by atoms with E-state index in [4.69, 9.17) is 4.42 Å². The number of carbonyl (C=O) groups is 3. The predicted octanol–water partition coefficient (Wildman–Crippen LogP) is -0.782. The van der Waals surface area contributed by atoms with Gasteiger partial charge in [-0.05, 0) is 6.07 Å². The molecule has 2 aliphatic rings. The lowest BCUT2D eigenvalue weighted by atomic mass is 9.97. The highest BCUT2D eigenvalue weighted by Gasteiger charge is 2.40. The Morgan fingerprint density at radius 2 is 2.04 bits per heavy atom. The van der Waals surface area contributed by atoms with Crippen molar-refractivity contribution in [3.8, 4) is 0 Å². The molecule has 2 saturated heterocycles. The van der Waals surface area contributed by atoms with Crippen LogP contribution in [0.15, 0.2) is 16.5 Å². The fraction of sp³-hybridized carbons (Fsp3) is 0.462. The third kappa shape index (κ3) is 2.87. The van der Waals surface area contributed by atoms with Crippen molar-refractivity contribution in [1.82, 2.24) is 15.1 Å². The van der Waals surface area contributed by atoms with Gasteiger partial charge in [0.1, 0.15) is 4.92 Å². The lowest BCUT2D eigenvalue weighted by Crippen LogP contribution is -2.59. The maximum atomic E-state index is 12.2. The standard InChI is InChI=1S/C13H14N4O6/c18-10-7-15(4-3-14-10)12(19)8-5-16(6-8)13(20)9-1-2-11(23-9)17(21)22/h1-2,8H,3-7H2,(H,14,18). The van der Waals surface area contributed by atoms with E-state index in [9.17, 15) is 24.5 Å². The van der Waals surface area contributed by atoms with Gasteiger partial charge in [0.25, 0.3) is 5.91 Å². The number of amides is 3. The molecule has 0 saturated carbocycles. The van der Waals surface area contributed by atoms with Gasteiger partial charge in [0, 0.05) is 26.2 Å². The average molecular weight is 322 g/mol. The van der Waals surface area contributed by atoms with Crippen LogP contribution in [0, 0.1) is 16.0 Å². The fourth-order valence-corrected chi connectivity index (χ4v) is 2.58. The number of likely N-dealkylation sites (tertiary alicyclic amines) is 1. The smallest absolute Gasteiger partial charge is 0.395 e. The summed E-state index contributed by atoms with van der Waals surface area (Å²) >= 11 is 0. The molecule has 122 valence electrons. The Kier molecular flexibility index (Phi) is 3.72. The molecule has 3 heterocycles. The number of rotatable bonds is 3. The van der Waals surface area contributed by atoms with Crippen LogP contribution >= 0.6 is 0 Å². The van der Waals surface area contributed by atoms with Crippen LogP contribution in [0.1, 0.15) is 10.6 Å². The Bertz CT molecular complexity index is 678. The zero-order valence-corrected chi connectivity index (χ0v) is 12.1. The minimum Gasteiger partial charge on any atom is -0.395 e. The zero-order chi connectivity index (χ0) is 16.6. The Hall–Kier alpha value is -2.91. The molecule has 1 N–H and O–H groups in total. The van der Waals surface area contributed by atoms with Gasteiger partial charge < -0.3 is 19.5 Å². The van der Waals surface area contributed by atoms with Gasteiger partial charge in [-0.1, -0.05) is 0 Å². The molecule has 0 spiro atoms. The van der Waals surface area contributed by atoms with Crippen LogP contribution in [-0.2, 0) is 9.59 Å². The summed E-state index contributed by atoms with van der Waals surface area (Å²) in [6, 6.07) is 2.35. The van der Waals surface area contributed by atoms with Crippen LogP contribution in [0.2, 0.25) is 0 Å². The Morgan fingerprint density at radius 3 is 2.65 bits per heavy atom. The predicted molar refractivity (Wildman–Crippen MR) is 74.3 cm³/mol. The monoisotopic (exact) mass is 322 g/mol. The number of piperazine rings is 1. The molecule has 2 aliphatic heterocycles. The molecule has 0 aliphatic carbocycles. The van der Waals surface area contributed by atoms with Gasteiger partial charge in [0.15, 0.2) is 5.76 Å². The van der Waals surface area contributed by atoms with Crippen LogP contribution in [0.3, 0.4) is 0 Å². The Morgan fingerprint density at radius 1 is 1.30 bits per heavy atom. The molecule has 0 atom stereocenters. The molecular weight excluding hydrogens is 308 g/mol. The third-order valence-corrected chi connectivity index (χ3v) is 3.85. The van der Waals surface area contributed by atoms with Gasteiger partial charge in [-0.2, -0.15) is 0 Å². The molecule has 1 aromatic rings. The van der Waals surface area contributed by atoms with E-state index in [-0.39, 0.29) is 43.1 Å². The summed E-state index contributed by atoms with van der Waals surface area (Å²) in [6.07, 6.45) is 0. The molecule has 3 rings (SSSR count). The van der Waals surface area contributed by atoms with Gasteiger partial charge in [-0.15, -0.1) is 0 Å². The Balaban J connectivity index is 1.55. The van der Waals surface area contributed by atoms with Crippen molar-refractivity contribution in [2.24, 2.45) is 5.92 Å². The molecule has 23 heavy (non-hydrogen) atoms. The molecule has 0 bridgehead atoms. The van der Waals surface area contributed by atoms with E-state index in [0.29, 0.717) is 13.1 Å². The van der Waals surface area contributed by atoms with Crippen molar-refractivity contribution in [2.45, 2.75) is 0 Å². The quantitative estimate of drug-likeness (QED) is 0.574. The summed E-state index contributed by atoms with van der Waals surface area (Å²) in [5.41, 5.74) is 0. The second-order valence-electron chi connectivity index (χ2n) is 5.41. The molecule has 10 nitrogen and oxygen atoms in total. The van der Waals surface area contributed by atoms with E-state index in [0.717, 1.165) is 6.07 Å². The van der Waals surface area contributed by atoms with Crippen LogP contribution < -0.4 is 5.32 Å². The third-order valence-electron chi connectivity index (χ3n) is 3.85. The minimum absolute atomic E-state index is 0.0354. The molecule has 2 fully saturated rings. The number of nitro groups is 1. The van der Waals surface area contributed by atoms with Crippen LogP contribution in [0.5, 0.6) is 0 Å². The van der Waals surface area contributed by atoms with Gasteiger partial charge in [-0.3, -0.25) is 24.5 Å². The van der Waals surface area contributed by atoms with E-state index < -0.39 is 16.7 Å².